The minimum atomic E-state index is 0.453. The van der Waals surface area contributed by atoms with Gasteiger partial charge in [-0.15, -0.1) is 0 Å². The van der Waals surface area contributed by atoms with E-state index < -0.39 is 0 Å². The molecule has 1 aromatic rings. The van der Waals surface area contributed by atoms with Gasteiger partial charge in [-0.25, -0.2) is 4.98 Å². The Hall–Kier alpha value is -0.870. The molecule has 96 valence electrons. The maximum Gasteiger partial charge on any atom is 0.171 e. The first-order chi connectivity index (χ1) is 8.72. The summed E-state index contributed by atoms with van der Waals surface area (Å²) in [5.74, 6) is 1.72. The van der Waals surface area contributed by atoms with Crippen LogP contribution in [0.1, 0.15) is 25.7 Å². The Morgan fingerprint density at radius 2 is 2.28 bits per heavy atom. The number of hydrogen-bond donors (Lipinski definition) is 2. The molecule has 2 saturated carbocycles. The van der Waals surface area contributed by atoms with E-state index in [1.165, 1.54) is 25.7 Å². The van der Waals surface area contributed by atoms with Crippen molar-refractivity contribution in [1.29, 1.82) is 0 Å². The predicted molar refractivity (Wildman–Crippen MR) is 77.8 cm³/mol. The van der Waals surface area contributed by atoms with Crippen LogP contribution in [0.3, 0.4) is 0 Å². The van der Waals surface area contributed by atoms with Gasteiger partial charge in [0.15, 0.2) is 10.3 Å². The van der Waals surface area contributed by atoms with Crippen LogP contribution in [0.5, 0.6) is 0 Å². The lowest BCUT2D eigenvalue weighted by Crippen LogP contribution is -2.40. The molecular weight excluding hydrogens is 266 g/mol. The quantitative estimate of drug-likeness (QED) is 0.645. The third kappa shape index (κ3) is 2.45. The highest BCUT2D eigenvalue weighted by atomic mass is 35.5. The molecule has 0 amide bonds. The summed E-state index contributed by atoms with van der Waals surface area (Å²) in [5.41, 5.74) is 0.764. The fourth-order valence-electron chi connectivity index (χ4n) is 3.23. The van der Waals surface area contributed by atoms with Gasteiger partial charge in [0.25, 0.3) is 0 Å². The van der Waals surface area contributed by atoms with Crippen molar-refractivity contribution in [3.8, 4) is 0 Å². The number of halogens is 1. The van der Waals surface area contributed by atoms with Crippen molar-refractivity contribution in [2.45, 2.75) is 31.7 Å². The standard InChI is InChI=1S/C13H16ClN3S/c14-12-10(2-1-5-15-12)16-13(18)17-11-7-8-3-4-9(11)6-8/h1-2,5,8-9,11H,3-4,6-7H2,(H2,16,17,18)/t8-,9+,11-/m0/s1. The van der Waals surface area contributed by atoms with Crippen molar-refractivity contribution in [3.63, 3.8) is 0 Å². The van der Waals surface area contributed by atoms with Crippen LogP contribution in [0, 0.1) is 11.8 Å². The number of aromatic nitrogens is 1. The first-order valence-electron chi connectivity index (χ1n) is 6.40. The van der Waals surface area contributed by atoms with Crippen LogP contribution in [0.2, 0.25) is 5.15 Å². The highest BCUT2D eigenvalue weighted by molar-refractivity contribution is 7.80. The normalized spacial score (nSPS) is 29.3. The molecule has 1 aromatic heterocycles. The fourth-order valence-corrected chi connectivity index (χ4v) is 3.66. The molecule has 3 atom stereocenters. The molecule has 3 nitrogen and oxygen atoms in total. The highest BCUT2D eigenvalue weighted by Crippen LogP contribution is 2.44. The van der Waals surface area contributed by atoms with Crippen molar-refractivity contribution in [3.05, 3.63) is 23.5 Å². The Balaban J connectivity index is 1.58. The van der Waals surface area contributed by atoms with Crippen molar-refractivity contribution in [1.82, 2.24) is 10.3 Å². The number of anilines is 1. The molecule has 0 unspecified atom stereocenters. The highest BCUT2D eigenvalue weighted by Gasteiger charge is 2.39. The smallest absolute Gasteiger partial charge is 0.171 e. The summed E-state index contributed by atoms with van der Waals surface area (Å²) in [4.78, 5) is 4.02. The van der Waals surface area contributed by atoms with Gasteiger partial charge in [0.05, 0.1) is 5.69 Å². The maximum absolute atomic E-state index is 5.99. The Bertz CT molecular complexity index is 465. The van der Waals surface area contributed by atoms with Crippen LogP contribution >= 0.6 is 23.8 Å². The molecule has 1 heterocycles. The van der Waals surface area contributed by atoms with Gasteiger partial charge in [-0.1, -0.05) is 18.0 Å². The molecule has 2 aliphatic carbocycles. The lowest BCUT2D eigenvalue weighted by atomic mass is 9.96. The molecule has 2 bridgehead atoms. The van der Waals surface area contributed by atoms with Gasteiger partial charge in [0, 0.05) is 12.2 Å². The van der Waals surface area contributed by atoms with Crippen molar-refractivity contribution in [2.24, 2.45) is 11.8 Å². The summed E-state index contributed by atoms with van der Waals surface area (Å²) in [5, 5.41) is 7.65. The van der Waals surface area contributed by atoms with E-state index in [4.69, 9.17) is 23.8 Å². The first kappa shape index (κ1) is 12.2. The average Bonchev–Trinajstić information content (AvgIpc) is 2.94. The Kier molecular flexibility index (Phi) is 3.39. The van der Waals surface area contributed by atoms with Gasteiger partial charge in [0.2, 0.25) is 0 Å². The Morgan fingerprint density at radius 3 is 2.94 bits per heavy atom. The zero-order chi connectivity index (χ0) is 12.5. The number of nitrogens with zero attached hydrogens (tertiary/aromatic N) is 1. The number of nitrogens with one attached hydrogen (secondary N) is 2. The molecule has 5 heteroatoms. The van der Waals surface area contributed by atoms with Gasteiger partial charge in [-0.05, 0) is 55.4 Å². The molecule has 0 spiro atoms. The minimum Gasteiger partial charge on any atom is -0.359 e. The number of fused-ring (bicyclic) bond motifs is 2. The van der Waals surface area contributed by atoms with Gasteiger partial charge in [-0.2, -0.15) is 0 Å². The van der Waals surface area contributed by atoms with E-state index in [1.54, 1.807) is 6.20 Å². The van der Waals surface area contributed by atoms with E-state index in [1.807, 2.05) is 12.1 Å². The molecular formula is C13H16ClN3S. The lowest BCUT2D eigenvalue weighted by molar-refractivity contribution is 0.392. The zero-order valence-electron chi connectivity index (χ0n) is 10.0. The number of rotatable bonds is 2. The lowest BCUT2D eigenvalue weighted by Gasteiger charge is -2.24. The molecule has 0 aromatic carbocycles. The summed E-state index contributed by atoms with van der Waals surface area (Å²) in [7, 11) is 0. The van der Waals surface area contributed by atoms with Crippen molar-refractivity contribution in [2.75, 3.05) is 5.32 Å². The van der Waals surface area contributed by atoms with Crippen LogP contribution < -0.4 is 10.6 Å². The van der Waals surface area contributed by atoms with Gasteiger partial charge < -0.3 is 10.6 Å². The summed E-state index contributed by atoms with van der Waals surface area (Å²) < 4.78 is 0. The second kappa shape index (κ2) is 5.02. The van der Waals surface area contributed by atoms with Crippen LogP contribution in [0.4, 0.5) is 5.69 Å². The molecule has 2 fully saturated rings. The average molecular weight is 282 g/mol. The monoisotopic (exact) mass is 281 g/mol. The first-order valence-corrected chi connectivity index (χ1v) is 7.19. The van der Waals surface area contributed by atoms with Gasteiger partial charge in [0.1, 0.15) is 0 Å². The van der Waals surface area contributed by atoms with Gasteiger partial charge >= 0.3 is 0 Å². The number of pyridine rings is 1. The summed E-state index contributed by atoms with van der Waals surface area (Å²) in [6.45, 7) is 0. The SMILES string of the molecule is S=C(Nc1cccnc1Cl)N[C@H]1C[C@H]2CC[C@@H]1C2. The second-order valence-corrected chi connectivity index (χ2v) is 5.99. The summed E-state index contributed by atoms with van der Waals surface area (Å²) in [6, 6.07) is 4.26. The van der Waals surface area contributed by atoms with E-state index in [0.29, 0.717) is 16.3 Å². The molecule has 18 heavy (non-hydrogen) atoms. The van der Waals surface area contributed by atoms with Crippen molar-refractivity contribution < 1.29 is 0 Å². The van der Waals surface area contributed by atoms with Crippen molar-refractivity contribution >= 4 is 34.6 Å². The Morgan fingerprint density at radius 1 is 1.39 bits per heavy atom. The van der Waals surface area contributed by atoms with E-state index in [0.717, 1.165) is 17.5 Å². The van der Waals surface area contributed by atoms with Crippen LogP contribution in [0.25, 0.3) is 0 Å². The van der Waals surface area contributed by atoms with E-state index in [9.17, 15) is 0 Å². The second-order valence-electron chi connectivity index (χ2n) is 5.22. The third-order valence-electron chi connectivity index (χ3n) is 4.06. The van der Waals surface area contributed by atoms with Crippen LogP contribution in [-0.4, -0.2) is 16.1 Å². The van der Waals surface area contributed by atoms with E-state index in [2.05, 4.69) is 15.6 Å². The minimum absolute atomic E-state index is 0.453. The summed E-state index contributed by atoms with van der Waals surface area (Å²) >= 11 is 11.3. The van der Waals surface area contributed by atoms with Crippen LogP contribution in [0.15, 0.2) is 18.3 Å². The number of thiocarbonyl (C=S) groups is 1. The molecule has 0 radical (unpaired) electrons. The van der Waals surface area contributed by atoms with E-state index >= 15 is 0 Å². The zero-order valence-corrected chi connectivity index (χ0v) is 11.6. The predicted octanol–water partition coefficient (Wildman–Crippen LogP) is 3.21. The molecule has 0 aliphatic heterocycles. The fraction of sp³-hybridized carbons (Fsp3) is 0.538. The van der Waals surface area contributed by atoms with Crippen LogP contribution in [-0.2, 0) is 0 Å². The summed E-state index contributed by atoms with van der Waals surface area (Å²) in [6.07, 6.45) is 7.04. The maximum atomic E-state index is 5.99. The Labute approximate surface area is 117 Å². The van der Waals surface area contributed by atoms with E-state index in [-0.39, 0.29) is 0 Å². The van der Waals surface area contributed by atoms with Gasteiger partial charge in [-0.3, -0.25) is 0 Å². The molecule has 3 rings (SSSR count). The molecule has 0 saturated heterocycles. The largest absolute Gasteiger partial charge is 0.359 e. The molecule has 2 aliphatic rings. The third-order valence-corrected chi connectivity index (χ3v) is 4.58. The number of hydrogen-bond acceptors (Lipinski definition) is 2. The molecule has 2 N–H and O–H groups in total. The topological polar surface area (TPSA) is 37.0 Å².